The standard InChI is InChI=1S/C10H8O2.C6H6O3/c11-9-6-5-7-3-1-2-4-8(7)10(9)12;7-4-1-5(8)3-6(9)2-4/h1-6,11-12H;1-3,7-9H. The first-order chi connectivity index (χ1) is 9.97. The fourth-order valence-electron chi connectivity index (χ4n) is 1.82. The molecule has 3 aromatic rings. The van der Waals surface area contributed by atoms with Gasteiger partial charge in [-0.15, -0.1) is 0 Å². The Kier molecular flexibility index (Phi) is 4.04. The molecule has 0 bridgehead atoms. The molecule has 108 valence electrons. The van der Waals surface area contributed by atoms with E-state index in [9.17, 15) is 5.11 Å². The Labute approximate surface area is 120 Å². The van der Waals surface area contributed by atoms with Crippen molar-refractivity contribution in [1.29, 1.82) is 0 Å². The zero-order valence-electron chi connectivity index (χ0n) is 10.9. The zero-order chi connectivity index (χ0) is 15.4. The monoisotopic (exact) mass is 286 g/mol. The van der Waals surface area contributed by atoms with E-state index >= 15 is 0 Å². The van der Waals surface area contributed by atoms with Crippen LogP contribution in [0.2, 0.25) is 0 Å². The molecule has 5 heteroatoms. The summed E-state index contributed by atoms with van der Waals surface area (Å²) in [4.78, 5) is 0. The van der Waals surface area contributed by atoms with Crippen LogP contribution in [0.4, 0.5) is 0 Å². The average Bonchev–Trinajstić information content (AvgIpc) is 2.42. The quantitative estimate of drug-likeness (QED) is 0.409. The highest BCUT2D eigenvalue weighted by Crippen LogP contribution is 2.32. The van der Waals surface area contributed by atoms with E-state index in [4.69, 9.17) is 20.4 Å². The molecular formula is C16H14O5. The van der Waals surface area contributed by atoms with Gasteiger partial charge in [0.15, 0.2) is 11.5 Å². The third-order valence-corrected chi connectivity index (χ3v) is 2.77. The van der Waals surface area contributed by atoms with Gasteiger partial charge in [-0.25, -0.2) is 0 Å². The van der Waals surface area contributed by atoms with E-state index in [1.54, 1.807) is 12.1 Å². The molecule has 0 fully saturated rings. The Morgan fingerprint density at radius 3 is 1.67 bits per heavy atom. The van der Waals surface area contributed by atoms with Gasteiger partial charge in [0.2, 0.25) is 0 Å². The number of fused-ring (bicyclic) bond motifs is 1. The fourth-order valence-corrected chi connectivity index (χ4v) is 1.82. The summed E-state index contributed by atoms with van der Waals surface area (Å²) in [5.74, 6) is -0.561. The summed E-state index contributed by atoms with van der Waals surface area (Å²) in [5.41, 5.74) is 0. The molecule has 0 atom stereocenters. The van der Waals surface area contributed by atoms with Gasteiger partial charge >= 0.3 is 0 Å². The number of rotatable bonds is 0. The maximum Gasteiger partial charge on any atom is 0.165 e. The SMILES string of the molecule is Oc1cc(O)cc(O)c1.Oc1ccc2ccccc2c1O. The van der Waals surface area contributed by atoms with Crippen LogP contribution in [0.25, 0.3) is 10.8 Å². The van der Waals surface area contributed by atoms with Crippen molar-refractivity contribution < 1.29 is 25.5 Å². The molecular weight excluding hydrogens is 272 g/mol. The lowest BCUT2D eigenvalue weighted by Crippen LogP contribution is -1.73. The number of benzene rings is 3. The van der Waals surface area contributed by atoms with Crippen LogP contribution in [0, 0.1) is 0 Å². The van der Waals surface area contributed by atoms with Crippen molar-refractivity contribution in [3.05, 3.63) is 54.6 Å². The molecule has 0 saturated carbocycles. The van der Waals surface area contributed by atoms with Gasteiger partial charge in [0.25, 0.3) is 0 Å². The van der Waals surface area contributed by atoms with Crippen LogP contribution in [0.15, 0.2) is 54.6 Å². The molecule has 0 aliphatic rings. The molecule has 0 radical (unpaired) electrons. The summed E-state index contributed by atoms with van der Waals surface area (Å²) in [5, 5.41) is 46.2. The van der Waals surface area contributed by atoms with E-state index in [2.05, 4.69) is 0 Å². The predicted octanol–water partition coefficient (Wildman–Crippen LogP) is 3.05. The first kappa shape index (κ1) is 14.3. The maximum atomic E-state index is 9.41. The van der Waals surface area contributed by atoms with E-state index in [0.29, 0.717) is 5.39 Å². The van der Waals surface area contributed by atoms with Crippen LogP contribution in [0.5, 0.6) is 28.7 Å². The van der Waals surface area contributed by atoms with Crippen molar-refractivity contribution in [3.8, 4) is 28.7 Å². The van der Waals surface area contributed by atoms with Crippen LogP contribution >= 0.6 is 0 Å². The molecule has 0 saturated heterocycles. The second kappa shape index (κ2) is 5.92. The third kappa shape index (κ3) is 3.48. The number of phenolic OH excluding ortho intramolecular Hbond substituents is 5. The summed E-state index contributed by atoms with van der Waals surface area (Å²) < 4.78 is 0. The van der Waals surface area contributed by atoms with Crippen LogP contribution in [0.1, 0.15) is 0 Å². The lowest BCUT2D eigenvalue weighted by molar-refractivity contribution is 0.408. The van der Waals surface area contributed by atoms with Gasteiger partial charge in [0.05, 0.1) is 0 Å². The van der Waals surface area contributed by atoms with E-state index in [1.807, 2.05) is 18.2 Å². The minimum Gasteiger partial charge on any atom is -0.508 e. The predicted molar refractivity (Wildman–Crippen MR) is 78.7 cm³/mol. The van der Waals surface area contributed by atoms with Gasteiger partial charge < -0.3 is 25.5 Å². The third-order valence-electron chi connectivity index (χ3n) is 2.77. The average molecular weight is 286 g/mol. The topological polar surface area (TPSA) is 101 Å². The van der Waals surface area contributed by atoms with Gasteiger partial charge in [-0.3, -0.25) is 0 Å². The molecule has 5 N–H and O–H groups in total. The second-order valence-electron chi connectivity index (χ2n) is 4.36. The molecule has 3 rings (SSSR count). The molecule has 0 aromatic heterocycles. The molecule has 0 aliphatic carbocycles. The summed E-state index contributed by atoms with van der Waals surface area (Å²) >= 11 is 0. The van der Waals surface area contributed by atoms with Crippen molar-refractivity contribution in [3.63, 3.8) is 0 Å². The minimum absolute atomic E-state index is 0.0481. The second-order valence-corrected chi connectivity index (χ2v) is 4.36. The van der Waals surface area contributed by atoms with Gasteiger partial charge in [0, 0.05) is 23.6 Å². The van der Waals surface area contributed by atoms with Crippen molar-refractivity contribution in [2.45, 2.75) is 0 Å². The Bertz CT molecular complexity index is 717. The molecule has 0 amide bonds. The van der Waals surface area contributed by atoms with Crippen molar-refractivity contribution in [2.75, 3.05) is 0 Å². The van der Waals surface area contributed by atoms with Crippen LogP contribution in [-0.2, 0) is 0 Å². The van der Waals surface area contributed by atoms with E-state index in [1.165, 1.54) is 6.07 Å². The van der Waals surface area contributed by atoms with Gasteiger partial charge in [-0.1, -0.05) is 30.3 Å². The van der Waals surface area contributed by atoms with Crippen molar-refractivity contribution in [1.82, 2.24) is 0 Å². The summed E-state index contributed by atoms with van der Waals surface area (Å²) in [7, 11) is 0. The highest BCUT2D eigenvalue weighted by Gasteiger charge is 2.02. The minimum atomic E-state index is -0.146. The lowest BCUT2D eigenvalue weighted by atomic mass is 10.1. The molecule has 0 aliphatic heterocycles. The van der Waals surface area contributed by atoms with Crippen LogP contribution in [-0.4, -0.2) is 25.5 Å². The highest BCUT2D eigenvalue weighted by molar-refractivity contribution is 5.90. The molecule has 0 spiro atoms. The normalized spacial score (nSPS) is 9.90. The largest absolute Gasteiger partial charge is 0.508 e. The molecule has 21 heavy (non-hydrogen) atoms. The Morgan fingerprint density at radius 2 is 1.10 bits per heavy atom. The number of phenols is 5. The Hall–Kier alpha value is -3.08. The molecule has 5 nitrogen and oxygen atoms in total. The van der Waals surface area contributed by atoms with Gasteiger partial charge in [-0.2, -0.15) is 0 Å². The number of hydrogen-bond acceptors (Lipinski definition) is 5. The fraction of sp³-hybridized carbons (Fsp3) is 0. The zero-order valence-corrected chi connectivity index (χ0v) is 10.9. The van der Waals surface area contributed by atoms with Gasteiger partial charge in [0.1, 0.15) is 17.2 Å². The number of aromatic hydroxyl groups is 5. The lowest BCUT2D eigenvalue weighted by Gasteiger charge is -2.01. The van der Waals surface area contributed by atoms with E-state index in [0.717, 1.165) is 23.6 Å². The first-order valence-electron chi connectivity index (χ1n) is 6.09. The maximum absolute atomic E-state index is 9.41. The van der Waals surface area contributed by atoms with Gasteiger partial charge in [-0.05, 0) is 11.5 Å². The molecule has 3 aromatic carbocycles. The van der Waals surface area contributed by atoms with Crippen molar-refractivity contribution >= 4 is 10.8 Å². The smallest absolute Gasteiger partial charge is 0.165 e. The summed E-state index contributed by atoms with van der Waals surface area (Å²) in [6.07, 6.45) is 0. The Morgan fingerprint density at radius 1 is 0.571 bits per heavy atom. The first-order valence-corrected chi connectivity index (χ1v) is 6.09. The summed E-state index contributed by atoms with van der Waals surface area (Å²) in [6.45, 7) is 0. The van der Waals surface area contributed by atoms with E-state index in [-0.39, 0.29) is 28.7 Å². The van der Waals surface area contributed by atoms with E-state index < -0.39 is 0 Å². The van der Waals surface area contributed by atoms with Crippen LogP contribution in [0.3, 0.4) is 0 Å². The van der Waals surface area contributed by atoms with Crippen LogP contribution < -0.4 is 0 Å². The summed E-state index contributed by atoms with van der Waals surface area (Å²) in [6, 6.07) is 14.0. The molecule has 0 unspecified atom stereocenters. The van der Waals surface area contributed by atoms with Crippen molar-refractivity contribution in [2.24, 2.45) is 0 Å². The molecule has 0 heterocycles. The number of hydrogen-bond donors (Lipinski definition) is 5. The highest BCUT2D eigenvalue weighted by atomic mass is 16.3. The Balaban J connectivity index is 0.000000161.